The lowest BCUT2D eigenvalue weighted by atomic mass is 10.4. The van der Waals surface area contributed by atoms with Gasteiger partial charge in [-0.3, -0.25) is 14.5 Å². The van der Waals surface area contributed by atoms with Crippen LogP contribution in [0.1, 0.15) is 6.42 Å². The van der Waals surface area contributed by atoms with Crippen LogP contribution in [0.3, 0.4) is 0 Å². The number of carbonyl (C=O) groups excluding carboxylic acids is 2. The molecular weight excluding hydrogens is 266 g/mol. The maximum Gasteiger partial charge on any atom is 0.325 e. The molecule has 20 heavy (non-hydrogen) atoms. The van der Waals surface area contributed by atoms with E-state index in [2.05, 4.69) is 4.74 Å². The quantitative estimate of drug-likeness (QED) is 0.688. The van der Waals surface area contributed by atoms with Gasteiger partial charge >= 0.3 is 18.0 Å². The van der Waals surface area contributed by atoms with Gasteiger partial charge in [0.05, 0.1) is 13.7 Å². The third kappa shape index (κ3) is 5.04. The first-order valence-electron chi connectivity index (χ1n) is 6.45. The van der Waals surface area contributed by atoms with Gasteiger partial charge in [-0.25, -0.2) is 4.79 Å². The van der Waals surface area contributed by atoms with Gasteiger partial charge in [0, 0.05) is 33.2 Å². The number of carbonyl (C=O) groups is 3. The number of nitrogens with zero attached hydrogens (tertiary/aromatic N) is 3. The minimum Gasteiger partial charge on any atom is -0.480 e. The van der Waals surface area contributed by atoms with E-state index in [1.807, 2.05) is 0 Å². The first kappa shape index (κ1) is 16.2. The fourth-order valence-corrected chi connectivity index (χ4v) is 2.08. The van der Waals surface area contributed by atoms with Crippen LogP contribution in [-0.2, 0) is 14.3 Å². The highest BCUT2D eigenvalue weighted by atomic mass is 16.5. The average Bonchev–Trinajstić information content (AvgIpc) is 2.62. The van der Waals surface area contributed by atoms with Crippen molar-refractivity contribution in [2.24, 2.45) is 0 Å². The fourth-order valence-electron chi connectivity index (χ4n) is 2.08. The summed E-state index contributed by atoms with van der Waals surface area (Å²) in [7, 11) is 2.82. The zero-order valence-electron chi connectivity index (χ0n) is 11.9. The third-order valence-corrected chi connectivity index (χ3v) is 3.14. The summed E-state index contributed by atoms with van der Waals surface area (Å²) in [5, 5.41) is 8.77. The number of ether oxygens (including phenoxy) is 1. The van der Waals surface area contributed by atoms with Crippen molar-refractivity contribution in [3.8, 4) is 0 Å². The van der Waals surface area contributed by atoms with Crippen molar-refractivity contribution in [1.82, 2.24) is 14.7 Å². The molecule has 2 amide bonds. The molecular formula is C12H21N3O5. The van der Waals surface area contributed by atoms with E-state index in [1.54, 1.807) is 16.8 Å². The fraction of sp³-hybridized carbons (Fsp3) is 0.750. The van der Waals surface area contributed by atoms with Crippen molar-refractivity contribution in [2.75, 3.05) is 53.4 Å². The maximum absolute atomic E-state index is 12.1. The summed E-state index contributed by atoms with van der Waals surface area (Å²) in [6, 6.07) is -0.243. The summed E-state index contributed by atoms with van der Waals surface area (Å²) in [5.41, 5.74) is 0. The Hall–Kier alpha value is -1.83. The van der Waals surface area contributed by atoms with Crippen LogP contribution in [0.4, 0.5) is 4.79 Å². The monoisotopic (exact) mass is 287 g/mol. The van der Waals surface area contributed by atoms with E-state index in [1.165, 1.54) is 12.0 Å². The molecule has 0 atom stereocenters. The molecule has 0 aliphatic carbocycles. The molecule has 0 saturated carbocycles. The summed E-state index contributed by atoms with van der Waals surface area (Å²) >= 11 is 0. The lowest BCUT2D eigenvalue weighted by molar-refractivity contribution is -0.141. The van der Waals surface area contributed by atoms with E-state index in [-0.39, 0.29) is 19.1 Å². The SMILES string of the molecule is COC(=O)CN(C)C(=O)N1CCCN(CC(=O)O)CC1. The predicted molar refractivity (Wildman–Crippen MR) is 70.3 cm³/mol. The number of esters is 1. The van der Waals surface area contributed by atoms with Gasteiger partial charge in [-0.2, -0.15) is 0 Å². The van der Waals surface area contributed by atoms with Crippen LogP contribution in [-0.4, -0.2) is 91.2 Å². The molecule has 0 aromatic carbocycles. The Morgan fingerprint density at radius 1 is 1.20 bits per heavy atom. The number of hydrogen-bond acceptors (Lipinski definition) is 5. The van der Waals surface area contributed by atoms with Crippen molar-refractivity contribution in [3.63, 3.8) is 0 Å². The van der Waals surface area contributed by atoms with E-state index in [0.717, 1.165) is 0 Å². The van der Waals surface area contributed by atoms with E-state index in [9.17, 15) is 14.4 Å². The molecule has 1 heterocycles. The summed E-state index contributed by atoms with van der Waals surface area (Å²) in [6.07, 6.45) is 0.713. The summed E-state index contributed by atoms with van der Waals surface area (Å²) in [4.78, 5) is 38.7. The molecule has 1 N–H and O–H groups in total. The molecule has 1 saturated heterocycles. The van der Waals surface area contributed by atoms with Gasteiger partial charge in [-0.05, 0) is 6.42 Å². The van der Waals surface area contributed by atoms with E-state index < -0.39 is 11.9 Å². The van der Waals surface area contributed by atoms with Crippen molar-refractivity contribution < 1.29 is 24.2 Å². The maximum atomic E-state index is 12.1. The molecule has 0 aromatic rings. The molecule has 1 aliphatic rings. The van der Waals surface area contributed by atoms with Crippen molar-refractivity contribution in [1.29, 1.82) is 0 Å². The number of methoxy groups -OCH3 is 1. The molecule has 1 rings (SSSR count). The number of rotatable bonds is 4. The van der Waals surface area contributed by atoms with E-state index in [0.29, 0.717) is 32.6 Å². The zero-order valence-corrected chi connectivity index (χ0v) is 11.9. The lowest BCUT2D eigenvalue weighted by Gasteiger charge is -2.26. The first-order chi connectivity index (χ1) is 9.43. The standard InChI is InChI=1S/C12H21N3O5/c1-13(9-11(18)20-2)12(19)15-5-3-4-14(6-7-15)8-10(16)17/h3-9H2,1-2H3,(H,16,17). The van der Waals surface area contributed by atoms with Gasteiger partial charge in [0.25, 0.3) is 0 Å². The number of aliphatic carboxylic acids is 1. The largest absolute Gasteiger partial charge is 0.480 e. The average molecular weight is 287 g/mol. The van der Waals surface area contributed by atoms with Crippen LogP contribution in [0.15, 0.2) is 0 Å². The highest BCUT2D eigenvalue weighted by Crippen LogP contribution is 2.06. The van der Waals surface area contributed by atoms with Crippen molar-refractivity contribution in [3.05, 3.63) is 0 Å². The number of carboxylic acids is 1. The number of amides is 2. The van der Waals surface area contributed by atoms with E-state index in [4.69, 9.17) is 5.11 Å². The Morgan fingerprint density at radius 2 is 1.90 bits per heavy atom. The normalized spacial score (nSPS) is 16.4. The number of hydrogen-bond donors (Lipinski definition) is 1. The van der Waals surface area contributed by atoms with Crippen LogP contribution in [0, 0.1) is 0 Å². The molecule has 0 radical (unpaired) electrons. The second-order valence-corrected chi connectivity index (χ2v) is 4.73. The highest BCUT2D eigenvalue weighted by molar-refractivity contribution is 5.80. The third-order valence-electron chi connectivity index (χ3n) is 3.14. The summed E-state index contributed by atoms with van der Waals surface area (Å²) in [6.45, 7) is 2.07. The Kier molecular flexibility index (Phi) is 6.23. The number of urea groups is 1. The lowest BCUT2D eigenvalue weighted by Crippen LogP contribution is -2.45. The number of carboxylic acid groups (broad SMARTS) is 1. The molecule has 0 aromatic heterocycles. The molecule has 0 unspecified atom stereocenters. The van der Waals surface area contributed by atoms with Gasteiger partial charge in [0.1, 0.15) is 6.54 Å². The Morgan fingerprint density at radius 3 is 2.50 bits per heavy atom. The van der Waals surface area contributed by atoms with Crippen LogP contribution in [0.25, 0.3) is 0 Å². The topological polar surface area (TPSA) is 90.4 Å². The Labute approximate surface area is 117 Å². The first-order valence-corrected chi connectivity index (χ1v) is 6.45. The molecule has 1 fully saturated rings. The minimum atomic E-state index is -0.868. The molecule has 1 aliphatic heterocycles. The second-order valence-electron chi connectivity index (χ2n) is 4.73. The van der Waals surface area contributed by atoms with Gasteiger partial charge in [-0.1, -0.05) is 0 Å². The number of likely N-dealkylation sites (N-methyl/N-ethyl adjacent to an activating group) is 1. The van der Waals surface area contributed by atoms with Crippen LogP contribution in [0.5, 0.6) is 0 Å². The zero-order chi connectivity index (χ0) is 15.1. The molecule has 8 nitrogen and oxygen atoms in total. The van der Waals surface area contributed by atoms with Gasteiger partial charge in [0.2, 0.25) is 0 Å². The van der Waals surface area contributed by atoms with Gasteiger partial charge in [-0.15, -0.1) is 0 Å². The van der Waals surface area contributed by atoms with Gasteiger partial charge < -0.3 is 19.6 Å². The summed E-state index contributed by atoms with van der Waals surface area (Å²) in [5.74, 6) is -1.34. The Bertz CT molecular complexity index is 374. The van der Waals surface area contributed by atoms with Crippen LogP contribution in [0.2, 0.25) is 0 Å². The minimum absolute atomic E-state index is 0.0139. The van der Waals surface area contributed by atoms with Crippen molar-refractivity contribution in [2.45, 2.75) is 6.42 Å². The highest BCUT2D eigenvalue weighted by Gasteiger charge is 2.23. The predicted octanol–water partition coefficient (Wildman–Crippen LogP) is -0.696. The van der Waals surface area contributed by atoms with Crippen molar-refractivity contribution >= 4 is 18.0 Å². The second kappa shape index (κ2) is 7.68. The van der Waals surface area contributed by atoms with Crippen LogP contribution >= 0.6 is 0 Å². The molecule has 8 heteroatoms. The summed E-state index contributed by atoms with van der Waals surface area (Å²) < 4.78 is 4.52. The van der Waals surface area contributed by atoms with Crippen LogP contribution < -0.4 is 0 Å². The van der Waals surface area contributed by atoms with Gasteiger partial charge in [0.15, 0.2) is 0 Å². The molecule has 0 bridgehead atoms. The van der Waals surface area contributed by atoms with E-state index >= 15 is 0 Å². The smallest absolute Gasteiger partial charge is 0.325 e. The molecule has 0 spiro atoms. The Balaban J connectivity index is 2.49. The molecule has 114 valence electrons.